The van der Waals surface area contributed by atoms with Crippen LogP contribution in [0.2, 0.25) is 0 Å². The lowest BCUT2D eigenvalue weighted by Gasteiger charge is -2.34. The SMILES string of the molecule is O=C(NCCN1CCN(C(=O)c2cccnc2)CC1)c1ccccn1. The number of piperazine rings is 1. The molecular weight excluding hydrogens is 318 g/mol. The van der Waals surface area contributed by atoms with Crippen LogP contribution in [0.25, 0.3) is 0 Å². The molecule has 1 saturated heterocycles. The molecule has 0 saturated carbocycles. The molecule has 0 unspecified atom stereocenters. The molecule has 0 atom stereocenters. The van der Waals surface area contributed by atoms with Crippen molar-refractivity contribution in [2.24, 2.45) is 0 Å². The Balaban J connectivity index is 1.39. The van der Waals surface area contributed by atoms with Crippen molar-refractivity contribution in [3.63, 3.8) is 0 Å². The van der Waals surface area contributed by atoms with Crippen molar-refractivity contribution in [1.29, 1.82) is 0 Å². The molecule has 0 spiro atoms. The molecule has 2 aromatic rings. The fourth-order valence-electron chi connectivity index (χ4n) is 2.76. The monoisotopic (exact) mass is 339 g/mol. The molecule has 7 nitrogen and oxygen atoms in total. The molecule has 1 aliphatic rings. The van der Waals surface area contributed by atoms with Crippen molar-refractivity contribution >= 4 is 11.8 Å². The fraction of sp³-hybridized carbons (Fsp3) is 0.333. The molecule has 25 heavy (non-hydrogen) atoms. The summed E-state index contributed by atoms with van der Waals surface area (Å²) in [6, 6.07) is 8.82. The second-order valence-corrected chi connectivity index (χ2v) is 5.85. The first kappa shape index (κ1) is 17.0. The maximum atomic E-state index is 12.4. The Morgan fingerprint density at radius 2 is 1.88 bits per heavy atom. The van der Waals surface area contributed by atoms with Gasteiger partial charge in [-0.25, -0.2) is 0 Å². The number of pyridine rings is 2. The van der Waals surface area contributed by atoms with Gasteiger partial charge in [-0.05, 0) is 24.3 Å². The summed E-state index contributed by atoms with van der Waals surface area (Å²) in [5.74, 6) is -0.137. The molecule has 3 heterocycles. The molecule has 1 N–H and O–H groups in total. The highest BCUT2D eigenvalue weighted by Gasteiger charge is 2.22. The molecular formula is C18H21N5O2. The van der Waals surface area contributed by atoms with Crippen molar-refractivity contribution in [3.8, 4) is 0 Å². The Morgan fingerprint density at radius 1 is 1.04 bits per heavy atom. The number of nitrogens with one attached hydrogen (secondary N) is 1. The number of nitrogens with zero attached hydrogens (tertiary/aromatic N) is 4. The number of carbonyl (C=O) groups excluding carboxylic acids is 2. The van der Waals surface area contributed by atoms with Crippen LogP contribution in [-0.4, -0.2) is 70.9 Å². The minimum absolute atomic E-state index is 0.0243. The van der Waals surface area contributed by atoms with Crippen LogP contribution in [0.4, 0.5) is 0 Å². The van der Waals surface area contributed by atoms with E-state index in [1.165, 1.54) is 0 Å². The van der Waals surface area contributed by atoms with Crippen LogP contribution in [0, 0.1) is 0 Å². The third-order valence-electron chi connectivity index (χ3n) is 4.18. The Bertz CT molecular complexity index is 697. The maximum Gasteiger partial charge on any atom is 0.269 e. The molecule has 0 aromatic carbocycles. The van der Waals surface area contributed by atoms with E-state index in [2.05, 4.69) is 20.2 Å². The minimum atomic E-state index is -0.161. The number of aromatic nitrogens is 2. The second kappa shape index (κ2) is 8.34. The van der Waals surface area contributed by atoms with E-state index >= 15 is 0 Å². The lowest BCUT2D eigenvalue weighted by Crippen LogP contribution is -2.50. The van der Waals surface area contributed by atoms with Gasteiger partial charge in [-0.1, -0.05) is 6.07 Å². The standard InChI is InChI=1S/C18H21N5O2/c24-17(16-5-1-2-7-20-16)21-8-9-22-10-12-23(13-11-22)18(25)15-4-3-6-19-14-15/h1-7,14H,8-13H2,(H,21,24). The van der Waals surface area contributed by atoms with Gasteiger partial charge in [0.15, 0.2) is 0 Å². The Kier molecular flexibility index (Phi) is 5.69. The van der Waals surface area contributed by atoms with Gasteiger partial charge in [-0.2, -0.15) is 0 Å². The third kappa shape index (κ3) is 4.60. The van der Waals surface area contributed by atoms with Crippen molar-refractivity contribution in [2.45, 2.75) is 0 Å². The lowest BCUT2D eigenvalue weighted by molar-refractivity contribution is 0.0637. The zero-order valence-electron chi connectivity index (χ0n) is 14.0. The number of hydrogen-bond acceptors (Lipinski definition) is 5. The largest absolute Gasteiger partial charge is 0.349 e. The first-order chi connectivity index (χ1) is 12.2. The van der Waals surface area contributed by atoms with Crippen LogP contribution in [-0.2, 0) is 0 Å². The van der Waals surface area contributed by atoms with E-state index in [1.54, 1.807) is 48.9 Å². The number of rotatable bonds is 5. The summed E-state index contributed by atoms with van der Waals surface area (Å²) < 4.78 is 0. The van der Waals surface area contributed by atoms with Gasteiger partial charge >= 0.3 is 0 Å². The van der Waals surface area contributed by atoms with Gasteiger partial charge in [0, 0.05) is 57.9 Å². The van der Waals surface area contributed by atoms with E-state index < -0.39 is 0 Å². The van der Waals surface area contributed by atoms with Crippen molar-refractivity contribution < 1.29 is 9.59 Å². The first-order valence-corrected chi connectivity index (χ1v) is 8.35. The zero-order chi connectivity index (χ0) is 17.5. The van der Waals surface area contributed by atoms with E-state index in [4.69, 9.17) is 0 Å². The third-order valence-corrected chi connectivity index (χ3v) is 4.18. The first-order valence-electron chi connectivity index (χ1n) is 8.35. The molecule has 0 bridgehead atoms. The normalized spacial score (nSPS) is 15.0. The average Bonchev–Trinajstić information content (AvgIpc) is 2.69. The maximum absolute atomic E-state index is 12.4. The van der Waals surface area contributed by atoms with Crippen molar-refractivity contribution in [3.05, 3.63) is 60.2 Å². The van der Waals surface area contributed by atoms with Crippen LogP contribution < -0.4 is 5.32 Å². The summed E-state index contributed by atoms with van der Waals surface area (Å²) in [5, 5.41) is 2.87. The molecule has 3 rings (SSSR count). The van der Waals surface area contributed by atoms with E-state index in [1.807, 2.05) is 4.90 Å². The Morgan fingerprint density at radius 3 is 2.56 bits per heavy atom. The zero-order valence-corrected chi connectivity index (χ0v) is 14.0. The van der Waals surface area contributed by atoms with Crippen LogP contribution >= 0.6 is 0 Å². The quantitative estimate of drug-likeness (QED) is 0.866. The van der Waals surface area contributed by atoms with Crippen LogP contribution in [0.3, 0.4) is 0 Å². The van der Waals surface area contributed by atoms with Gasteiger partial charge in [-0.3, -0.25) is 24.5 Å². The van der Waals surface area contributed by atoms with E-state index in [0.717, 1.165) is 19.6 Å². The van der Waals surface area contributed by atoms with Crippen LogP contribution in [0.15, 0.2) is 48.9 Å². The van der Waals surface area contributed by atoms with E-state index in [9.17, 15) is 9.59 Å². The predicted molar refractivity (Wildman–Crippen MR) is 93.2 cm³/mol. The summed E-state index contributed by atoms with van der Waals surface area (Å²) >= 11 is 0. The molecule has 0 aliphatic carbocycles. The highest BCUT2D eigenvalue weighted by atomic mass is 16.2. The van der Waals surface area contributed by atoms with E-state index in [0.29, 0.717) is 30.9 Å². The summed E-state index contributed by atoms with van der Waals surface area (Å²) in [4.78, 5) is 36.4. The topological polar surface area (TPSA) is 78.4 Å². The molecule has 1 fully saturated rings. The predicted octanol–water partition coefficient (Wildman–Crippen LogP) is 0.664. The second-order valence-electron chi connectivity index (χ2n) is 5.85. The van der Waals surface area contributed by atoms with Gasteiger partial charge in [0.2, 0.25) is 0 Å². The number of hydrogen-bond donors (Lipinski definition) is 1. The van der Waals surface area contributed by atoms with Gasteiger partial charge in [-0.15, -0.1) is 0 Å². The summed E-state index contributed by atoms with van der Waals surface area (Å²) in [6.07, 6.45) is 4.86. The van der Waals surface area contributed by atoms with Crippen LogP contribution in [0.1, 0.15) is 20.8 Å². The summed E-state index contributed by atoms with van der Waals surface area (Å²) in [6.45, 7) is 4.28. The number of amides is 2. The van der Waals surface area contributed by atoms with Crippen molar-refractivity contribution in [2.75, 3.05) is 39.3 Å². The van der Waals surface area contributed by atoms with Gasteiger partial charge in [0.25, 0.3) is 11.8 Å². The average molecular weight is 339 g/mol. The molecule has 7 heteroatoms. The van der Waals surface area contributed by atoms with E-state index in [-0.39, 0.29) is 11.8 Å². The number of carbonyl (C=O) groups is 2. The summed E-state index contributed by atoms with van der Waals surface area (Å²) in [5.41, 5.74) is 1.05. The van der Waals surface area contributed by atoms with Crippen molar-refractivity contribution in [1.82, 2.24) is 25.1 Å². The minimum Gasteiger partial charge on any atom is -0.349 e. The molecule has 0 radical (unpaired) electrons. The molecule has 1 aliphatic heterocycles. The van der Waals surface area contributed by atoms with Crippen LogP contribution in [0.5, 0.6) is 0 Å². The lowest BCUT2D eigenvalue weighted by atomic mass is 10.2. The smallest absolute Gasteiger partial charge is 0.269 e. The Hall–Kier alpha value is -2.80. The molecule has 2 amide bonds. The van der Waals surface area contributed by atoms with Gasteiger partial charge in [0.05, 0.1) is 5.56 Å². The van der Waals surface area contributed by atoms with Gasteiger partial charge < -0.3 is 10.2 Å². The summed E-state index contributed by atoms with van der Waals surface area (Å²) in [7, 11) is 0. The highest BCUT2D eigenvalue weighted by Crippen LogP contribution is 2.07. The molecule has 130 valence electrons. The Labute approximate surface area is 146 Å². The fourth-order valence-corrected chi connectivity index (χ4v) is 2.76. The molecule has 2 aromatic heterocycles. The van der Waals surface area contributed by atoms with Gasteiger partial charge in [0.1, 0.15) is 5.69 Å². The highest BCUT2D eigenvalue weighted by molar-refractivity contribution is 5.94.